The number of carbonyl (C=O) groups excluding carboxylic acids is 2. The first-order chi connectivity index (χ1) is 36.6. The first-order valence-corrected chi connectivity index (χ1v) is 30.8. The number of unbranched alkanes of at least 4 members (excludes halogenated alkanes) is 27. The van der Waals surface area contributed by atoms with Gasteiger partial charge in [0.25, 0.3) is 6.29 Å². The molecule has 0 aromatic carbocycles. The minimum absolute atomic E-state index is 0.184. The lowest BCUT2D eigenvalue weighted by Gasteiger charge is -2.25. The minimum Gasteiger partial charge on any atom is -0.477 e. The van der Waals surface area contributed by atoms with E-state index in [9.17, 15) is 19.5 Å². The second-order valence-electron chi connectivity index (χ2n) is 21.6. The van der Waals surface area contributed by atoms with Gasteiger partial charge in [0.05, 0.1) is 34.4 Å². The summed E-state index contributed by atoms with van der Waals surface area (Å²) in [5.41, 5.74) is 0. The molecule has 0 bridgehead atoms. The Labute approximate surface area is 461 Å². The van der Waals surface area contributed by atoms with Gasteiger partial charge in [-0.1, -0.05) is 247 Å². The van der Waals surface area contributed by atoms with E-state index in [1.165, 1.54) is 135 Å². The maximum Gasteiger partial charge on any atom is 0.361 e. The fourth-order valence-corrected chi connectivity index (χ4v) is 8.49. The predicted molar refractivity (Wildman–Crippen MR) is 318 cm³/mol. The molecule has 0 heterocycles. The summed E-state index contributed by atoms with van der Waals surface area (Å²) in [6.07, 6.45) is 72.5. The van der Waals surface area contributed by atoms with Crippen LogP contribution in [0.4, 0.5) is 0 Å². The van der Waals surface area contributed by atoms with Crippen LogP contribution in [0.1, 0.15) is 258 Å². The van der Waals surface area contributed by atoms with Crippen LogP contribution in [-0.4, -0.2) is 87.4 Å². The summed E-state index contributed by atoms with van der Waals surface area (Å²) >= 11 is 0. The standard InChI is InChI=1S/C66H115NO8/c1-6-8-10-12-14-16-18-20-22-24-25-26-27-28-29-30-31-32-33-34-35-36-37-38-39-41-43-45-47-49-51-53-55-57-64(69)75-62(61-74-66(65(70)71)72-59-58-67(3,4)5)60-73-63(68)56-54-52-50-48-46-44-42-40-23-21-19-17-15-13-11-9-7-2/h8-11,14-17,20-23,25-26,62,66H,6-7,12-13,18-19,24,27-61H2,1-5H3/p+1/b10-8-,11-9-,16-14-,17-15-,22-20-,23-21-,26-25-. The predicted octanol–water partition coefficient (Wildman–Crippen LogP) is 18.3. The second-order valence-corrected chi connectivity index (χ2v) is 21.6. The first-order valence-electron chi connectivity index (χ1n) is 30.8. The number of ether oxygens (including phenoxy) is 4. The Hall–Kier alpha value is -3.53. The van der Waals surface area contributed by atoms with Crippen LogP contribution in [0.5, 0.6) is 0 Å². The molecule has 0 aliphatic carbocycles. The van der Waals surface area contributed by atoms with Gasteiger partial charge in [-0.15, -0.1) is 0 Å². The zero-order valence-electron chi connectivity index (χ0n) is 49.2. The highest BCUT2D eigenvalue weighted by atomic mass is 16.7. The molecule has 0 spiro atoms. The van der Waals surface area contributed by atoms with E-state index in [1.807, 2.05) is 21.1 Å². The molecule has 0 amide bonds. The summed E-state index contributed by atoms with van der Waals surface area (Å²) in [5, 5.41) is 9.71. The van der Waals surface area contributed by atoms with E-state index in [1.54, 1.807) is 0 Å². The average molecular weight is 1050 g/mol. The fraction of sp³-hybridized carbons (Fsp3) is 0.742. The number of likely N-dealkylation sites (N-methyl/N-ethyl adjacent to an activating group) is 1. The monoisotopic (exact) mass is 1050 g/mol. The zero-order valence-corrected chi connectivity index (χ0v) is 49.2. The van der Waals surface area contributed by atoms with Gasteiger partial charge in [-0.25, -0.2) is 4.79 Å². The number of nitrogens with zero attached hydrogens (tertiary/aromatic N) is 1. The lowest BCUT2D eigenvalue weighted by atomic mass is 10.0. The van der Waals surface area contributed by atoms with Crippen LogP contribution in [0, 0.1) is 0 Å². The Bertz CT molecular complexity index is 1500. The molecular weight excluding hydrogens is 935 g/mol. The van der Waals surface area contributed by atoms with Crippen molar-refractivity contribution in [3.8, 4) is 0 Å². The van der Waals surface area contributed by atoms with Gasteiger partial charge in [-0.2, -0.15) is 0 Å². The van der Waals surface area contributed by atoms with Gasteiger partial charge in [-0.3, -0.25) is 9.59 Å². The molecule has 9 heteroatoms. The summed E-state index contributed by atoms with van der Waals surface area (Å²) in [4.78, 5) is 37.4. The Morgan fingerprint density at radius 3 is 1.07 bits per heavy atom. The summed E-state index contributed by atoms with van der Waals surface area (Å²) in [6, 6.07) is 0. The maximum absolute atomic E-state index is 12.9. The summed E-state index contributed by atoms with van der Waals surface area (Å²) in [6.45, 7) is 4.66. The molecule has 0 radical (unpaired) electrons. The third-order valence-electron chi connectivity index (χ3n) is 13.1. The van der Waals surface area contributed by atoms with E-state index in [2.05, 4.69) is 98.9 Å². The number of hydrogen-bond acceptors (Lipinski definition) is 7. The number of allylic oxidation sites excluding steroid dienone is 14. The molecular formula is C66H116NO8+. The number of aliphatic carboxylic acids is 1. The largest absolute Gasteiger partial charge is 0.477 e. The Morgan fingerprint density at radius 1 is 0.400 bits per heavy atom. The van der Waals surface area contributed by atoms with Gasteiger partial charge in [-0.05, 0) is 83.5 Å². The van der Waals surface area contributed by atoms with Crippen molar-refractivity contribution in [1.82, 2.24) is 0 Å². The molecule has 0 saturated heterocycles. The van der Waals surface area contributed by atoms with E-state index < -0.39 is 24.3 Å². The zero-order chi connectivity index (χ0) is 54.8. The smallest absolute Gasteiger partial charge is 0.361 e. The topological polar surface area (TPSA) is 108 Å². The number of carbonyl (C=O) groups is 3. The van der Waals surface area contributed by atoms with Crippen LogP contribution >= 0.6 is 0 Å². The number of carboxylic acids is 1. The van der Waals surface area contributed by atoms with Crippen molar-refractivity contribution in [3.05, 3.63) is 85.1 Å². The molecule has 0 aliphatic rings. The van der Waals surface area contributed by atoms with Crippen LogP contribution < -0.4 is 0 Å². The molecule has 0 aliphatic heterocycles. The summed E-state index contributed by atoms with van der Waals surface area (Å²) in [7, 11) is 5.97. The second kappa shape index (κ2) is 56.7. The number of carboxylic acid groups (broad SMARTS) is 1. The molecule has 0 aromatic heterocycles. The third kappa shape index (κ3) is 58.0. The van der Waals surface area contributed by atoms with Gasteiger partial charge in [0.1, 0.15) is 13.2 Å². The van der Waals surface area contributed by atoms with Crippen molar-refractivity contribution < 1.29 is 42.9 Å². The SMILES string of the molecule is CC/C=C\C/C=C\C/C=C\C/C=C\CCCCCCCCCCCCCCCCCCCCCCC(=O)OC(COC(=O)CCCCCCCCC/C=C\C/C=C\C/C=C\CC)COC(OCC[N+](C)(C)C)C(=O)O. The molecule has 75 heavy (non-hydrogen) atoms. The number of rotatable bonds is 56. The molecule has 432 valence electrons. The lowest BCUT2D eigenvalue weighted by molar-refractivity contribution is -0.870. The van der Waals surface area contributed by atoms with Gasteiger partial charge < -0.3 is 28.5 Å². The average Bonchev–Trinajstić information content (AvgIpc) is 3.38. The van der Waals surface area contributed by atoms with E-state index in [4.69, 9.17) is 18.9 Å². The van der Waals surface area contributed by atoms with E-state index >= 15 is 0 Å². The van der Waals surface area contributed by atoms with Crippen molar-refractivity contribution in [2.75, 3.05) is 47.5 Å². The molecule has 0 aromatic rings. The third-order valence-corrected chi connectivity index (χ3v) is 13.1. The number of hydrogen-bond donors (Lipinski definition) is 1. The van der Waals surface area contributed by atoms with Crippen molar-refractivity contribution in [1.29, 1.82) is 0 Å². The van der Waals surface area contributed by atoms with Crippen LogP contribution in [0.15, 0.2) is 85.1 Å². The molecule has 0 fully saturated rings. The van der Waals surface area contributed by atoms with E-state index in [0.717, 1.165) is 96.3 Å². The minimum atomic E-state index is -1.51. The highest BCUT2D eigenvalue weighted by Crippen LogP contribution is 2.17. The van der Waals surface area contributed by atoms with Crippen molar-refractivity contribution in [2.45, 2.75) is 270 Å². The van der Waals surface area contributed by atoms with Gasteiger partial charge in [0.15, 0.2) is 6.10 Å². The van der Waals surface area contributed by atoms with Crippen LogP contribution in [0.25, 0.3) is 0 Å². The quantitative estimate of drug-likeness (QED) is 0.0211. The summed E-state index contributed by atoms with van der Waals surface area (Å²) in [5.74, 6) is -2.01. The Balaban J connectivity index is 4.11. The Morgan fingerprint density at radius 2 is 0.720 bits per heavy atom. The maximum atomic E-state index is 12.9. The molecule has 2 unspecified atom stereocenters. The van der Waals surface area contributed by atoms with Crippen LogP contribution in [0.3, 0.4) is 0 Å². The molecule has 0 rings (SSSR count). The molecule has 1 N–H and O–H groups in total. The normalized spacial score (nSPS) is 13.3. The number of esters is 2. The van der Waals surface area contributed by atoms with Gasteiger partial charge in [0.2, 0.25) is 0 Å². The first kappa shape index (κ1) is 71.5. The van der Waals surface area contributed by atoms with Gasteiger partial charge in [0, 0.05) is 12.8 Å². The molecule has 9 nitrogen and oxygen atoms in total. The summed E-state index contributed by atoms with van der Waals surface area (Å²) < 4.78 is 22.9. The van der Waals surface area contributed by atoms with E-state index in [0.29, 0.717) is 11.0 Å². The molecule has 2 atom stereocenters. The highest BCUT2D eigenvalue weighted by molar-refractivity contribution is 5.71. The molecule has 0 saturated carbocycles. The van der Waals surface area contributed by atoms with Crippen molar-refractivity contribution >= 4 is 17.9 Å². The lowest BCUT2D eigenvalue weighted by Crippen LogP contribution is -2.40. The fourth-order valence-electron chi connectivity index (χ4n) is 8.49. The van der Waals surface area contributed by atoms with Crippen molar-refractivity contribution in [3.63, 3.8) is 0 Å². The Kier molecular flexibility index (Phi) is 54.0. The number of quaternary nitrogens is 1. The van der Waals surface area contributed by atoms with Crippen LogP contribution in [-0.2, 0) is 33.3 Å². The highest BCUT2D eigenvalue weighted by Gasteiger charge is 2.25. The van der Waals surface area contributed by atoms with Crippen LogP contribution in [0.2, 0.25) is 0 Å². The van der Waals surface area contributed by atoms with Gasteiger partial charge >= 0.3 is 17.9 Å². The van der Waals surface area contributed by atoms with Crippen molar-refractivity contribution in [2.24, 2.45) is 0 Å². The van der Waals surface area contributed by atoms with E-state index in [-0.39, 0.29) is 38.6 Å².